The van der Waals surface area contributed by atoms with Gasteiger partial charge in [0.2, 0.25) is 0 Å². The molecule has 2 aliphatic heterocycles. The molecule has 0 bridgehead atoms. The SMILES string of the molecule is CC(C)(C)OC(=O)N1CCC(c2ccc(-c3cnc4c(Br)cnn4c3)cc2)CC1.CC(C)(C)OC(=O)N1CCC(c2ccc(-c3cnc4ccnn4c3)cc2)CC1. The zero-order valence-electron chi connectivity index (χ0n) is 33.6. The predicted octanol–water partition coefficient (Wildman–Crippen LogP) is 9.78. The van der Waals surface area contributed by atoms with Gasteiger partial charge in [-0.3, -0.25) is 0 Å². The maximum atomic E-state index is 12.2. The standard InChI is InChI=1S/C22H25BrN4O2.C22H26N4O2/c1-22(2,3)29-21(28)26-10-8-17(9-11-26)15-4-6-16(7-5-15)18-12-24-20-19(23)13-25-27(20)14-18;1-22(2,3)28-21(27)25-12-9-18(10-13-25)16-4-6-17(7-5-16)19-14-23-20-8-11-24-26(20)15-19/h4-7,12-14,17H,8-11H2,1-3H3;4-8,11,14-15,18H,9-10,12-13H2,1-3H3. The van der Waals surface area contributed by atoms with E-state index in [0.717, 1.165) is 89.9 Å². The maximum absolute atomic E-state index is 12.2. The van der Waals surface area contributed by atoms with E-state index in [1.165, 1.54) is 11.1 Å². The number of benzene rings is 2. The molecular formula is C44H51BrN8O4. The molecule has 6 aromatic rings. The third-order valence-electron chi connectivity index (χ3n) is 10.3. The van der Waals surface area contributed by atoms with Gasteiger partial charge in [-0.05, 0) is 117 Å². The fraction of sp³-hybridized carbons (Fsp3) is 0.409. The van der Waals surface area contributed by atoms with E-state index in [2.05, 4.69) is 84.6 Å². The summed E-state index contributed by atoms with van der Waals surface area (Å²) in [5.41, 5.74) is 7.70. The summed E-state index contributed by atoms with van der Waals surface area (Å²) in [6, 6.07) is 19.2. The summed E-state index contributed by atoms with van der Waals surface area (Å²) in [5, 5.41) is 8.55. The van der Waals surface area contributed by atoms with E-state index in [0.29, 0.717) is 11.8 Å². The lowest BCUT2D eigenvalue weighted by Gasteiger charge is -2.33. The number of amides is 2. The highest BCUT2D eigenvalue weighted by atomic mass is 79.9. The number of rotatable bonds is 4. The summed E-state index contributed by atoms with van der Waals surface area (Å²) < 4.78 is 15.4. The topological polar surface area (TPSA) is 119 Å². The largest absolute Gasteiger partial charge is 0.444 e. The first kappa shape index (κ1) is 39.9. The normalized spacial score (nSPS) is 15.7. The second-order valence-electron chi connectivity index (χ2n) is 16.8. The van der Waals surface area contributed by atoms with Crippen LogP contribution in [0.25, 0.3) is 33.5 Å². The molecule has 2 aliphatic rings. The minimum absolute atomic E-state index is 0.206. The number of fused-ring (bicyclic) bond motifs is 2. The fourth-order valence-corrected chi connectivity index (χ4v) is 7.67. The number of piperidine rings is 2. The predicted molar refractivity (Wildman–Crippen MR) is 224 cm³/mol. The summed E-state index contributed by atoms with van der Waals surface area (Å²) >= 11 is 3.45. The van der Waals surface area contributed by atoms with E-state index < -0.39 is 11.2 Å². The molecule has 0 saturated carbocycles. The number of carbonyl (C=O) groups is 2. The Bertz CT molecular complexity index is 2310. The smallest absolute Gasteiger partial charge is 0.410 e. The highest BCUT2D eigenvalue weighted by Gasteiger charge is 2.29. The number of ether oxygens (including phenoxy) is 2. The molecule has 2 fully saturated rings. The second kappa shape index (κ2) is 16.7. The van der Waals surface area contributed by atoms with Crippen LogP contribution in [-0.4, -0.2) is 88.6 Å². The summed E-state index contributed by atoms with van der Waals surface area (Å²) in [5.74, 6) is 0.935. The molecule has 57 heavy (non-hydrogen) atoms. The number of nitrogens with zero attached hydrogens (tertiary/aromatic N) is 8. The van der Waals surface area contributed by atoms with Gasteiger partial charge in [-0.1, -0.05) is 48.5 Å². The van der Waals surface area contributed by atoms with Crippen LogP contribution in [0, 0.1) is 0 Å². The highest BCUT2D eigenvalue weighted by Crippen LogP contribution is 2.32. The quantitative estimate of drug-likeness (QED) is 0.172. The van der Waals surface area contributed by atoms with Crippen LogP contribution in [0.2, 0.25) is 0 Å². The summed E-state index contributed by atoms with van der Waals surface area (Å²) in [6.07, 6.45) is 14.6. The first-order valence-electron chi connectivity index (χ1n) is 19.6. The first-order valence-corrected chi connectivity index (χ1v) is 20.4. The maximum Gasteiger partial charge on any atom is 0.410 e. The molecule has 13 heteroatoms. The van der Waals surface area contributed by atoms with E-state index in [9.17, 15) is 9.59 Å². The molecule has 6 heterocycles. The molecule has 0 radical (unpaired) electrons. The lowest BCUT2D eigenvalue weighted by atomic mass is 9.89. The van der Waals surface area contributed by atoms with Crippen molar-refractivity contribution in [3.63, 3.8) is 0 Å². The molecule has 0 atom stereocenters. The Labute approximate surface area is 342 Å². The van der Waals surface area contributed by atoms with E-state index in [1.54, 1.807) is 21.4 Å². The van der Waals surface area contributed by atoms with Gasteiger partial charge in [-0.15, -0.1) is 0 Å². The summed E-state index contributed by atoms with van der Waals surface area (Å²) in [7, 11) is 0. The molecule has 0 spiro atoms. The number of hydrogen-bond acceptors (Lipinski definition) is 8. The number of hydrogen-bond donors (Lipinski definition) is 0. The Morgan fingerprint density at radius 2 is 1.05 bits per heavy atom. The van der Waals surface area contributed by atoms with Gasteiger partial charge in [0.15, 0.2) is 11.3 Å². The average molecular weight is 836 g/mol. The third-order valence-corrected chi connectivity index (χ3v) is 10.8. The fourth-order valence-electron chi connectivity index (χ4n) is 7.29. The van der Waals surface area contributed by atoms with Gasteiger partial charge in [-0.2, -0.15) is 10.2 Å². The molecule has 2 amide bonds. The number of aromatic nitrogens is 6. The molecule has 0 N–H and O–H groups in total. The van der Waals surface area contributed by atoms with Gasteiger partial charge in [0.1, 0.15) is 11.2 Å². The molecule has 2 aromatic carbocycles. The van der Waals surface area contributed by atoms with Crippen molar-refractivity contribution in [2.75, 3.05) is 26.2 Å². The molecule has 12 nitrogen and oxygen atoms in total. The van der Waals surface area contributed by atoms with Crippen molar-refractivity contribution in [2.24, 2.45) is 0 Å². The Hall–Kier alpha value is -5.30. The zero-order chi connectivity index (χ0) is 40.3. The Morgan fingerprint density at radius 1 is 0.596 bits per heavy atom. The molecule has 4 aromatic heterocycles. The van der Waals surface area contributed by atoms with Crippen molar-refractivity contribution in [1.29, 1.82) is 0 Å². The van der Waals surface area contributed by atoms with Crippen molar-refractivity contribution in [3.8, 4) is 22.3 Å². The van der Waals surface area contributed by atoms with Crippen LogP contribution in [0.4, 0.5) is 9.59 Å². The van der Waals surface area contributed by atoms with Crippen molar-refractivity contribution >= 4 is 39.4 Å². The van der Waals surface area contributed by atoms with Gasteiger partial charge in [0, 0.05) is 68.2 Å². The lowest BCUT2D eigenvalue weighted by molar-refractivity contribution is 0.0194. The Balaban J connectivity index is 0.000000174. The molecule has 8 rings (SSSR count). The van der Waals surface area contributed by atoms with E-state index >= 15 is 0 Å². The van der Waals surface area contributed by atoms with Crippen molar-refractivity contribution < 1.29 is 19.1 Å². The molecule has 2 saturated heterocycles. The highest BCUT2D eigenvalue weighted by molar-refractivity contribution is 9.10. The van der Waals surface area contributed by atoms with Crippen molar-refractivity contribution in [2.45, 2.75) is 90.3 Å². The first-order chi connectivity index (χ1) is 27.2. The number of likely N-dealkylation sites (tertiary alicyclic amines) is 2. The van der Waals surface area contributed by atoms with E-state index in [4.69, 9.17) is 9.47 Å². The second-order valence-corrected chi connectivity index (χ2v) is 17.7. The monoisotopic (exact) mass is 834 g/mol. The average Bonchev–Trinajstić information content (AvgIpc) is 3.83. The molecule has 298 valence electrons. The number of carbonyl (C=O) groups excluding carboxylic acids is 2. The van der Waals surface area contributed by atoms with Gasteiger partial charge >= 0.3 is 12.2 Å². The molecular weight excluding hydrogens is 784 g/mol. The third kappa shape index (κ3) is 9.99. The van der Waals surface area contributed by atoms with Crippen LogP contribution in [0.1, 0.15) is 90.2 Å². The Morgan fingerprint density at radius 3 is 1.53 bits per heavy atom. The van der Waals surface area contributed by atoms with E-state index in [-0.39, 0.29) is 12.2 Å². The van der Waals surface area contributed by atoms with Crippen molar-refractivity contribution in [3.05, 3.63) is 107 Å². The molecule has 0 aliphatic carbocycles. The van der Waals surface area contributed by atoms with E-state index in [1.807, 2.05) is 82.2 Å². The van der Waals surface area contributed by atoms with Crippen LogP contribution in [0.3, 0.4) is 0 Å². The zero-order valence-corrected chi connectivity index (χ0v) is 35.1. The minimum Gasteiger partial charge on any atom is -0.444 e. The van der Waals surface area contributed by atoms with Crippen LogP contribution in [0.5, 0.6) is 0 Å². The Kier molecular flexibility index (Phi) is 11.7. The summed E-state index contributed by atoms with van der Waals surface area (Å²) in [6.45, 7) is 14.3. The van der Waals surface area contributed by atoms with Crippen molar-refractivity contribution in [1.82, 2.24) is 39.0 Å². The number of halogens is 1. The minimum atomic E-state index is -0.451. The van der Waals surface area contributed by atoms with Gasteiger partial charge in [0.25, 0.3) is 0 Å². The van der Waals surface area contributed by atoms with Crippen LogP contribution >= 0.6 is 15.9 Å². The van der Waals surface area contributed by atoms with Crippen LogP contribution in [-0.2, 0) is 9.47 Å². The van der Waals surface area contributed by atoms with Crippen LogP contribution < -0.4 is 0 Å². The van der Waals surface area contributed by atoms with Gasteiger partial charge in [0.05, 0.1) is 16.9 Å². The van der Waals surface area contributed by atoms with Gasteiger partial charge < -0.3 is 19.3 Å². The van der Waals surface area contributed by atoms with Crippen LogP contribution in [0.15, 0.2) is 96.3 Å². The lowest BCUT2D eigenvalue weighted by Crippen LogP contribution is -2.41. The molecule has 0 unspecified atom stereocenters. The summed E-state index contributed by atoms with van der Waals surface area (Å²) in [4.78, 5) is 37.0. The van der Waals surface area contributed by atoms with Gasteiger partial charge in [-0.25, -0.2) is 28.6 Å².